The fraction of sp³-hybridized carbons (Fsp3) is 0.500. The lowest BCUT2D eigenvalue weighted by atomic mass is 10.1. The predicted octanol–water partition coefficient (Wildman–Crippen LogP) is 2.96. The fourth-order valence-electron chi connectivity index (χ4n) is 4.55. The zero-order valence-electron chi connectivity index (χ0n) is 16.6. The molecule has 0 N–H and O–H groups in total. The number of fused-ring (bicyclic) bond motifs is 1. The summed E-state index contributed by atoms with van der Waals surface area (Å²) in [6.45, 7) is 6.20. The number of piperazine rings is 1. The van der Waals surface area contributed by atoms with E-state index >= 15 is 0 Å². The van der Waals surface area contributed by atoms with E-state index in [9.17, 15) is 4.79 Å². The van der Waals surface area contributed by atoms with Crippen LogP contribution in [0.3, 0.4) is 0 Å². The van der Waals surface area contributed by atoms with Crippen LogP contribution in [0.2, 0.25) is 0 Å². The van der Waals surface area contributed by atoms with Gasteiger partial charge in [0.15, 0.2) is 11.5 Å². The molecule has 3 aliphatic rings. The molecule has 3 aliphatic heterocycles. The third kappa shape index (κ3) is 4.13. The molecule has 1 atom stereocenters. The van der Waals surface area contributed by atoms with Gasteiger partial charge in [-0.15, -0.1) is 11.3 Å². The molecule has 5 rings (SSSR count). The smallest absolute Gasteiger partial charge is 0.236 e. The molecule has 2 saturated heterocycles. The Labute approximate surface area is 175 Å². The molecule has 2 fully saturated rings. The van der Waals surface area contributed by atoms with Gasteiger partial charge in [-0.1, -0.05) is 12.1 Å². The van der Waals surface area contributed by atoms with Crippen LogP contribution in [-0.2, 0) is 11.3 Å². The van der Waals surface area contributed by atoms with Gasteiger partial charge in [0.25, 0.3) is 0 Å². The number of carbonyl (C=O) groups excluding carboxylic acids is 1. The first-order chi connectivity index (χ1) is 14.3. The Balaban J connectivity index is 1.12. The average Bonchev–Trinajstić information content (AvgIpc) is 3.49. The Morgan fingerprint density at radius 1 is 1.07 bits per heavy atom. The summed E-state index contributed by atoms with van der Waals surface area (Å²) in [6, 6.07) is 10.9. The second-order valence-electron chi connectivity index (χ2n) is 7.99. The number of amides is 1. The van der Waals surface area contributed by atoms with Crippen LogP contribution in [0, 0.1) is 0 Å². The lowest BCUT2D eigenvalue weighted by Gasteiger charge is -2.36. The molecular weight excluding hydrogens is 386 g/mol. The standard InChI is InChI=1S/C22H27N3O3S/c26-22(15-25-7-1-3-18(25)21-4-2-12-29-21)24-10-8-23(9-11-24)14-17-5-6-19-20(13-17)28-16-27-19/h2,4-6,12-13,18H,1,3,7-11,14-16H2. The predicted molar refractivity (Wildman–Crippen MR) is 112 cm³/mol. The number of benzene rings is 1. The van der Waals surface area contributed by atoms with E-state index in [1.165, 1.54) is 16.9 Å². The molecule has 0 radical (unpaired) electrons. The van der Waals surface area contributed by atoms with Crippen molar-refractivity contribution in [2.24, 2.45) is 0 Å². The van der Waals surface area contributed by atoms with Crippen molar-refractivity contribution in [3.05, 3.63) is 46.2 Å². The number of ether oxygens (including phenoxy) is 2. The van der Waals surface area contributed by atoms with E-state index in [1.807, 2.05) is 11.0 Å². The summed E-state index contributed by atoms with van der Waals surface area (Å²) in [4.78, 5) is 21.1. The first kappa shape index (κ1) is 18.9. The van der Waals surface area contributed by atoms with Gasteiger partial charge in [0.05, 0.1) is 6.54 Å². The Hall–Kier alpha value is -2.09. The highest BCUT2D eigenvalue weighted by molar-refractivity contribution is 7.10. The van der Waals surface area contributed by atoms with E-state index in [-0.39, 0.29) is 5.91 Å². The van der Waals surface area contributed by atoms with E-state index < -0.39 is 0 Å². The summed E-state index contributed by atoms with van der Waals surface area (Å²) in [5.41, 5.74) is 1.23. The second-order valence-corrected chi connectivity index (χ2v) is 8.97. The SMILES string of the molecule is O=C(CN1CCCC1c1cccs1)N1CCN(Cc2ccc3c(c2)OCO3)CC1. The molecule has 4 heterocycles. The fourth-order valence-corrected chi connectivity index (χ4v) is 5.44. The zero-order valence-corrected chi connectivity index (χ0v) is 17.4. The molecule has 7 heteroatoms. The second kappa shape index (κ2) is 8.34. The minimum Gasteiger partial charge on any atom is -0.454 e. The van der Waals surface area contributed by atoms with Crippen LogP contribution in [0.4, 0.5) is 0 Å². The minimum atomic E-state index is 0.274. The molecule has 0 aliphatic carbocycles. The summed E-state index contributed by atoms with van der Waals surface area (Å²) in [7, 11) is 0. The first-order valence-corrected chi connectivity index (χ1v) is 11.3. The summed E-state index contributed by atoms with van der Waals surface area (Å²) in [5, 5.41) is 2.13. The average molecular weight is 414 g/mol. The van der Waals surface area contributed by atoms with E-state index in [2.05, 4.69) is 39.4 Å². The summed E-state index contributed by atoms with van der Waals surface area (Å²) >= 11 is 1.81. The van der Waals surface area contributed by atoms with Gasteiger partial charge in [-0.3, -0.25) is 14.6 Å². The molecule has 0 saturated carbocycles. The van der Waals surface area contributed by atoms with Crippen LogP contribution >= 0.6 is 11.3 Å². The molecule has 154 valence electrons. The Morgan fingerprint density at radius 2 is 1.93 bits per heavy atom. The van der Waals surface area contributed by atoms with E-state index in [1.54, 1.807) is 11.3 Å². The lowest BCUT2D eigenvalue weighted by Crippen LogP contribution is -2.50. The van der Waals surface area contributed by atoms with Crippen LogP contribution < -0.4 is 9.47 Å². The van der Waals surface area contributed by atoms with Crippen LogP contribution in [0.25, 0.3) is 0 Å². The maximum Gasteiger partial charge on any atom is 0.236 e. The molecule has 29 heavy (non-hydrogen) atoms. The number of hydrogen-bond acceptors (Lipinski definition) is 6. The van der Waals surface area contributed by atoms with E-state index in [4.69, 9.17) is 9.47 Å². The molecule has 2 aromatic rings. The van der Waals surface area contributed by atoms with Crippen molar-refractivity contribution in [3.8, 4) is 11.5 Å². The Morgan fingerprint density at radius 3 is 2.76 bits per heavy atom. The van der Waals surface area contributed by atoms with Gasteiger partial charge in [-0.05, 0) is 48.5 Å². The van der Waals surface area contributed by atoms with Gasteiger partial charge in [0.2, 0.25) is 12.7 Å². The van der Waals surface area contributed by atoms with Crippen LogP contribution in [0.1, 0.15) is 29.3 Å². The lowest BCUT2D eigenvalue weighted by molar-refractivity contribution is -0.134. The van der Waals surface area contributed by atoms with Crippen LogP contribution in [0.15, 0.2) is 35.7 Å². The summed E-state index contributed by atoms with van der Waals surface area (Å²) in [6.07, 6.45) is 2.34. The van der Waals surface area contributed by atoms with Crippen molar-refractivity contribution >= 4 is 17.2 Å². The third-order valence-corrected chi connectivity index (χ3v) is 7.12. The number of hydrogen-bond donors (Lipinski definition) is 0. The highest BCUT2D eigenvalue weighted by atomic mass is 32.1. The number of likely N-dealkylation sites (tertiary alicyclic amines) is 1. The molecule has 1 aromatic heterocycles. The number of carbonyl (C=O) groups is 1. The molecule has 1 unspecified atom stereocenters. The largest absolute Gasteiger partial charge is 0.454 e. The molecular formula is C22H27N3O3S. The normalized spacial score (nSPS) is 22.3. The maximum atomic E-state index is 12.9. The van der Waals surface area contributed by atoms with Crippen molar-refractivity contribution in [1.29, 1.82) is 0 Å². The molecule has 1 amide bonds. The number of thiophene rings is 1. The monoisotopic (exact) mass is 413 g/mol. The summed E-state index contributed by atoms with van der Waals surface area (Å²) < 4.78 is 10.9. The highest BCUT2D eigenvalue weighted by Gasteiger charge is 2.30. The summed E-state index contributed by atoms with van der Waals surface area (Å²) in [5.74, 6) is 1.94. The highest BCUT2D eigenvalue weighted by Crippen LogP contribution is 2.34. The van der Waals surface area contributed by atoms with Crippen LogP contribution in [0.5, 0.6) is 11.5 Å². The van der Waals surface area contributed by atoms with Crippen molar-refractivity contribution in [2.45, 2.75) is 25.4 Å². The number of rotatable bonds is 5. The Bertz CT molecular complexity index is 849. The maximum absolute atomic E-state index is 12.9. The Kier molecular flexibility index (Phi) is 5.44. The van der Waals surface area contributed by atoms with Crippen molar-refractivity contribution in [2.75, 3.05) is 46.1 Å². The molecule has 0 spiro atoms. The topological polar surface area (TPSA) is 45.3 Å². The van der Waals surface area contributed by atoms with Gasteiger partial charge in [0, 0.05) is 43.6 Å². The minimum absolute atomic E-state index is 0.274. The van der Waals surface area contributed by atoms with Crippen molar-refractivity contribution in [1.82, 2.24) is 14.7 Å². The van der Waals surface area contributed by atoms with E-state index in [0.717, 1.165) is 57.2 Å². The van der Waals surface area contributed by atoms with E-state index in [0.29, 0.717) is 19.4 Å². The number of nitrogens with zero attached hydrogens (tertiary/aromatic N) is 3. The molecule has 0 bridgehead atoms. The van der Waals surface area contributed by atoms with Crippen molar-refractivity contribution < 1.29 is 14.3 Å². The van der Waals surface area contributed by atoms with Gasteiger partial charge in [-0.25, -0.2) is 0 Å². The van der Waals surface area contributed by atoms with Crippen molar-refractivity contribution in [3.63, 3.8) is 0 Å². The zero-order chi connectivity index (χ0) is 19.6. The first-order valence-electron chi connectivity index (χ1n) is 10.4. The van der Waals surface area contributed by atoms with Gasteiger partial charge >= 0.3 is 0 Å². The third-order valence-electron chi connectivity index (χ3n) is 6.14. The van der Waals surface area contributed by atoms with Gasteiger partial charge in [0.1, 0.15) is 0 Å². The van der Waals surface area contributed by atoms with Crippen LogP contribution in [-0.4, -0.2) is 66.7 Å². The van der Waals surface area contributed by atoms with Gasteiger partial charge < -0.3 is 14.4 Å². The van der Waals surface area contributed by atoms with Gasteiger partial charge in [-0.2, -0.15) is 0 Å². The molecule has 1 aromatic carbocycles. The molecule has 6 nitrogen and oxygen atoms in total. The quantitative estimate of drug-likeness (QED) is 0.754.